The van der Waals surface area contributed by atoms with Gasteiger partial charge in [0, 0.05) is 17.8 Å². The molecule has 116 valence electrons. The first kappa shape index (κ1) is 14.9. The van der Waals surface area contributed by atoms with E-state index in [1.165, 1.54) is 49.8 Å². The third-order valence-electron chi connectivity index (χ3n) is 5.93. The second-order valence-electron chi connectivity index (χ2n) is 7.91. The number of rotatable bonds is 3. The highest BCUT2D eigenvalue weighted by molar-refractivity contribution is 5.62. The zero-order valence-corrected chi connectivity index (χ0v) is 14.3. The van der Waals surface area contributed by atoms with Crippen LogP contribution in [-0.2, 0) is 12.8 Å². The van der Waals surface area contributed by atoms with Gasteiger partial charge in [-0.05, 0) is 62.5 Å². The van der Waals surface area contributed by atoms with Crippen LogP contribution in [0, 0.1) is 5.41 Å². The van der Waals surface area contributed by atoms with Gasteiger partial charge in [0.15, 0.2) is 0 Å². The quantitative estimate of drug-likeness (QED) is 0.722. The molecule has 0 amide bonds. The van der Waals surface area contributed by atoms with Gasteiger partial charge in [0.25, 0.3) is 0 Å². The maximum absolute atomic E-state index is 2.77. The fourth-order valence-corrected chi connectivity index (χ4v) is 5.02. The molecule has 1 spiro atoms. The molecule has 1 nitrogen and oxygen atoms in total. The summed E-state index contributed by atoms with van der Waals surface area (Å²) in [5.74, 6) is 0. The van der Waals surface area contributed by atoms with Crippen LogP contribution in [0.2, 0.25) is 0 Å². The molecule has 1 aliphatic heterocycles. The Balaban J connectivity index is 2.03. The zero-order chi connectivity index (χ0) is 15.1. The molecule has 1 saturated carbocycles. The van der Waals surface area contributed by atoms with E-state index in [0.717, 1.165) is 12.8 Å². The Morgan fingerprint density at radius 3 is 2.10 bits per heavy atom. The van der Waals surface area contributed by atoms with Gasteiger partial charge in [-0.15, -0.1) is 0 Å². The van der Waals surface area contributed by atoms with Crippen molar-refractivity contribution in [1.82, 2.24) is 0 Å². The third-order valence-corrected chi connectivity index (χ3v) is 5.93. The van der Waals surface area contributed by atoms with Crippen molar-refractivity contribution in [2.45, 2.75) is 78.2 Å². The molecule has 1 heteroatoms. The molecular formula is C20H31N. The van der Waals surface area contributed by atoms with Gasteiger partial charge >= 0.3 is 0 Å². The summed E-state index contributed by atoms with van der Waals surface area (Å²) in [6, 6.07) is 6.92. The predicted octanol–water partition coefficient (Wildman–Crippen LogP) is 5.36. The van der Waals surface area contributed by atoms with Crippen LogP contribution >= 0.6 is 0 Å². The molecule has 0 atom stereocenters. The number of nitrogens with zero attached hydrogens (tertiary/aromatic N) is 1. The van der Waals surface area contributed by atoms with E-state index in [2.05, 4.69) is 50.8 Å². The highest BCUT2D eigenvalue weighted by Crippen LogP contribution is 2.53. The molecule has 3 rings (SSSR count). The fourth-order valence-electron chi connectivity index (χ4n) is 5.02. The number of hydrogen-bond acceptors (Lipinski definition) is 1. The van der Waals surface area contributed by atoms with Gasteiger partial charge in [0.05, 0.1) is 0 Å². The maximum atomic E-state index is 2.77. The van der Waals surface area contributed by atoms with Gasteiger partial charge in [-0.1, -0.05) is 44.9 Å². The Morgan fingerprint density at radius 1 is 1.00 bits per heavy atom. The molecule has 2 fully saturated rings. The molecule has 1 saturated heterocycles. The summed E-state index contributed by atoms with van der Waals surface area (Å²) >= 11 is 0. The van der Waals surface area contributed by atoms with Crippen LogP contribution in [0.15, 0.2) is 18.2 Å². The average molecular weight is 285 g/mol. The van der Waals surface area contributed by atoms with Crippen molar-refractivity contribution in [2.24, 2.45) is 5.41 Å². The Kier molecular flexibility index (Phi) is 3.80. The number of anilines is 1. The molecule has 0 bridgehead atoms. The molecule has 1 aromatic carbocycles. The number of para-hydroxylation sites is 1. The minimum atomic E-state index is 0.305. The first-order valence-corrected chi connectivity index (χ1v) is 8.90. The largest absolute Gasteiger partial charge is 0.365 e. The van der Waals surface area contributed by atoms with Crippen molar-refractivity contribution in [3.05, 3.63) is 29.3 Å². The minimum absolute atomic E-state index is 0.305. The predicted molar refractivity (Wildman–Crippen MR) is 92.1 cm³/mol. The summed E-state index contributed by atoms with van der Waals surface area (Å²) in [7, 11) is 0. The Morgan fingerprint density at radius 2 is 1.57 bits per heavy atom. The van der Waals surface area contributed by atoms with E-state index in [0.29, 0.717) is 11.0 Å². The normalized spacial score (nSPS) is 23.1. The van der Waals surface area contributed by atoms with E-state index in [9.17, 15) is 0 Å². The van der Waals surface area contributed by atoms with Crippen LogP contribution in [-0.4, -0.2) is 12.1 Å². The summed E-state index contributed by atoms with van der Waals surface area (Å²) in [5, 5.41) is 0. The molecular weight excluding hydrogens is 254 g/mol. The summed E-state index contributed by atoms with van der Waals surface area (Å²) in [6.07, 6.45) is 9.44. The lowest BCUT2D eigenvalue weighted by atomic mass is 9.81. The third kappa shape index (κ3) is 2.49. The van der Waals surface area contributed by atoms with Gasteiger partial charge in [0.2, 0.25) is 0 Å². The van der Waals surface area contributed by atoms with E-state index in [-0.39, 0.29) is 0 Å². The average Bonchev–Trinajstić information content (AvgIpc) is 3.01. The zero-order valence-electron chi connectivity index (χ0n) is 14.3. The lowest BCUT2D eigenvalue weighted by molar-refractivity contribution is 0.310. The van der Waals surface area contributed by atoms with Crippen molar-refractivity contribution in [3.63, 3.8) is 0 Å². The Labute approximate surface area is 130 Å². The van der Waals surface area contributed by atoms with Crippen molar-refractivity contribution < 1.29 is 0 Å². The minimum Gasteiger partial charge on any atom is -0.365 e. The van der Waals surface area contributed by atoms with Crippen LogP contribution in [0.25, 0.3) is 0 Å². The van der Waals surface area contributed by atoms with Crippen LogP contribution in [0.3, 0.4) is 0 Å². The van der Waals surface area contributed by atoms with E-state index in [4.69, 9.17) is 0 Å². The van der Waals surface area contributed by atoms with Crippen molar-refractivity contribution in [2.75, 3.05) is 11.4 Å². The van der Waals surface area contributed by atoms with Crippen molar-refractivity contribution in [1.29, 1.82) is 0 Å². The second-order valence-corrected chi connectivity index (χ2v) is 7.91. The standard InChI is InChI=1S/C20H31N/c1-5-16-10-9-11-17(6-2)18(16)21-15-20(12-7-8-13-20)14-19(21,3)4/h9-11H,5-8,12-15H2,1-4H3. The summed E-state index contributed by atoms with van der Waals surface area (Å²) in [6.45, 7) is 10.8. The van der Waals surface area contributed by atoms with Crippen molar-refractivity contribution in [3.8, 4) is 0 Å². The Bertz CT molecular complexity index is 486. The van der Waals surface area contributed by atoms with E-state index in [1.54, 1.807) is 5.69 Å². The molecule has 1 aromatic rings. The lowest BCUT2D eigenvalue weighted by Gasteiger charge is -2.36. The van der Waals surface area contributed by atoms with E-state index in [1.807, 2.05) is 0 Å². The summed E-state index contributed by atoms with van der Waals surface area (Å²) < 4.78 is 0. The Hall–Kier alpha value is -0.980. The SMILES string of the molecule is CCc1cccc(CC)c1N1CC2(CCCC2)CC1(C)C. The highest BCUT2D eigenvalue weighted by Gasteiger charge is 2.49. The topological polar surface area (TPSA) is 3.24 Å². The molecule has 0 radical (unpaired) electrons. The number of hydrogen-bond donors (Lipinski definition) is 0. The molecule has 21 heavy (non-hydrogen) atoms. The fraction of sp³-hybridized carbons (Fsp3) is 0.700. The van der Waals surface area contributed by atoms with E-state index < -0.39 is 0 Å². The molecule has 0 unspecified atom stereocenters. The molecule has 0 N–H and O–H groups in total. The van der Waals surface area contributed by atoms with E-state index >= 15 is 0 Å². The second kappa shape index (κ2) is 5.34. The van der Waals surface area contributed by atoms with Gasteiger partial charge in [-0.2, -0.15) is 0 Å². The summed E-state index contributed by atoms with van der Waals surface area (Å²) in [5.41, 5.74) is 5.56. The monoisotopic (exact) mass is 285 g/mol. The maximum Gasteiger partial charge on any atom is 0.0435 e. The smallest absolute Gasteiger partial charge is 0.0435 e. The van der Waals surface area contributed by atoms with Gasteiger partial charge in [0.1, 0.15) is 0 Å². The van der Waals surface area contributed by atoms with Crippen LogP contribution in [0.4, 0.5) is 5.69 Å². The first-order valence-electron chi connectivity index (χ1n) is 8.90. The number of benzene rings is 1. The van der Waals surface area contributed by atoms with Crippen LogP contribution in [0.1, 0.15) is 70.9 Å². The highest BCUT2D eigenvalue weighted by atomic mass is 15.2. The lowest BCUT2D eigenvalue weighted by Crippen LogP contribution is -2.39. The molecule has 1 aliphatic carbocycles. The van der Waals surface area contributed by atoms with Gasteiger partial charge < -0.3 is 4.90 Å². The van der Waals surface area contributed by atoms with Crippen LogP contribution < -0.4 is 4.90 Å². The molecule has 1 heterocycles. The molecule has 0 aromatic heterocycles. The van der Waals surface area contributed by atoms with Crippen LogP contribution in [0.5, 0.6) is 0 Å². The van der Waals surface area contributed by atoms with Gasteiger partial charge in [-0.25, -0.2) is 0 Å². The van der Waals surface area contributed by atoms with Crippen molar-refractivity contribution >= 4 is 5.69 Å². The number of aryl methyl sites for hydroxylation is 2. The summed E-state index contributed by atoms with van der Waals surface area (Å²) in [4.78, 5) is 2.77. The van der Waals surface area contributed by atoms with Gasteiger partial charge in [-0.3, -0.25) is 0 Å². The first-order chi connectivity index (χ1) is 10.0. The molecule has 2 aliphatic rings.